The number of imide groups is 1. The molecule has 0 aromatic heterocycles. The minimum atomic E-state index is -0.442. The van der Waals surface area contributed by atoms with Crippen LogP contribution in [0.2, 0.25) is 5.02 Å². The quantitative estimate of drug-likeness (QED) is 0.508. The van der Waals surface area contributed by atoms with Gasteiger partial charge in [0.25, 0.3) is 11.1 Å². The van der Waals surface area contributed by atoms with Gasteiger partial charge in [-0.2, -0.15) is 0 Å². The average Bonchev–Trinajstić information content (AvgIpc) is 2.95. The molecule has 1 fully saturated rings. The summed E-state index contributed by atoms with van der Waals surface area (Å²) in [6, 6.07) is 13.3. The van der Waals surface area contributed by atoms with E-state index in [1.807, 2.05) is 0 Å². The molecule has 0 spiro atoms. The summed E-state index contributed by atoms with van der Waals surface area (Å²) < 4.78 is 10.1. The fourth-order valence-electron chi connectivity index (χ4n) is 2.44. The van der Waals surface area contributed by atoms with Crippen LogP contribution in [0, 0.1) is 0 Å². The lowest BCUT2D eigenvalue weighted by Crippen LogP contribution is -2.27. The fourth-order valence-corrected chi connectivity index (χ4v) is 3.40. The molecule has 0 saturated carbocycles. The Morgan fingerprint density at radius 1 is 1.11 bits per heavy atom. The lowest BCUT2D eigenvalue weighted by molar-refractivity contribution is -0.145. The van der Waals surface area contributed by atoms with E-state index in [0.29, 0.717) is 28.0 Å². The van der Waals surface area contributed by atoms with Gasteiger partial charge in [0.15, 0.2) is 6.61 Å². The van der Waals surface area contributed by atoms with Gasteiger partial charge in [0, 0.05) is 5.02 Å². The Balaban J connectivity index is 1.69. The van der Waals surface area contributed by atoms with Crippen molar-refractivity contribution in [3.05, 3.63) is 64.0 Å². The van der Waals surface area contributed by atoms with Gasteiger partial charge in [-0.15, -0.1) is 0 Å². The van der Waals surface area contributed by atoms with Crippen molar-refractivity contribution in [1.29, 1.82) is 0 Å². The van der Waals surface area contributed by atoms with Crippen LogP contribution in [-0.2, 0) is 14.3 Å². The molecule has 1 aliphatic heterocycles. The molecule has 1 heterocycles. The van der Waals surface area contributed by atoms with E-state index in [9.17, 15) is 14.4 Å². The molecular formula is C20H16ClNO5S. The zero-order valence-corrected chi connectivity index (χ0v) is 16.5. The molecule has 0 N–H and O–H groups in total. The highest BCUT2D eigenvalue weighted by molar-refractivity contribution is 8.19. The summed E-state index contributed by atoms with van der Waals surface area (Å²) in [5.41, 5.74) is 1.20. The van der Waals surface area contributed by atoms with E-state index in [0.717, 1.165) is 22.2 Å². The van der Waals surface area contributed by atoms with Crippen LogP contribution in [0.1, 0.15) is 12.5 Å². The number of amides is 2. The van der Waals surface area contributed by atoms with E-state index in [1.54, 1.807) is 61.5 Å². The smallest absolute Gasteiger partial charge is 0.344 e. The van der Waals surface area contributed by atoms with Crippen LogP contribution in [-0.4, -0.2) is 30.3 Å². The molecule has 0 bridgehead atoms. The molecule has 1 aliphatic rings. The summed E-state index contributed by atoms with van der Waals surface area (Å²) in [7, 11) is 0. The Kier molecular flexibility index (Phi) is 6.38. The molecule has 6 nitrogen and oxygen atoms in total. The zero-order chi connectivity index (χ0) is 20.1. The molecule has 0 unspecified atom stereocenters. The first-order chi connectivity index (χ1) is 13.5. The third-order valence-corrected chi connectivity index (χ3v) is 4.84. The van der Waals surface area contributed by atoms with Gasteiger partial charge in [0.1, 0.15) is 5.75 Å². The van der Waals surface area contributed by atoms with Crippen molar-refractivity contribution in [3.8, 4) is 5.75 Å². The van der Waals surface area contributed by atoms with E-state index >= 15 is 0 Å². The molecule has 144 valence electrons. The second-order valence-electron chi connectivity index (χ2n) is 5.66. The summed E-state index contributed by atoms with van der Waals surface area (Å²) in [6.45, 7) is 1.85. The van der Waals surface area contributed by atoms with Gasteiger partial charge >= 0.3 is 5.97 Å². The van der Waals surface area contributed by atoms with Crippen molar-refractivity contribution in [2.24, 2.45) is 0 Å². The Hall–Kier alpha value is -2.77. The molecule has 2 aromatic rings. The van der Waals surface area contributed by atoms with Gasteiger partial charge in [0.2, 0.25) is 0 Å². The maximum absolute atomic E-state index is 12.6. The van der Waals surface area contributed by atoms with Gasteiger partial charge < -0.3 is 9.47 Å². The van der Waals surface area contributed by atoms with Crippen molar-refractivity contribution in [2.45, 2.75) is 6.92 Å². The van der Waals surface area contributed by atoms with Crippen LogP contribution in [0.5, 0.6) is 5.75 Å². The second-order valence-corrected chi connectivity index (χ2v) is 7.09. The summed E-state index contributed by atoms with van der Waals surface area (Å²) in [4.78, 5) is 37.6. The predicted molar refractivity (Wildman–Crippen MR) is 108 cm³/mol. The first-order valence-electron chi connectivity index (χ1n) is 8.40. The molecule has 8 heteroatoms. The Bertz CT molecular complexity index is 925. The average molecular weight is 418 g/mol. The number of carbonyl (C=O) groups excluding carboxylic acids is 3. The molecule has 2 aromatic carbocycles. The standard InChI is InChI=1S/C20H16ClNO5S/c1-2-26-18(23)12-27-16-9-3-13(4-10-16)11-17-19(24)22(20(25)28-17)15-7-5-14(21)6-8-15/h3-11H,2,12H2,1H3/b17-11+. The first-order valence-corrected chi connectivity index (χ1v) is 9.59. The van der Waals surface area contributed by atoms with Crippen LogP contribution in [0.3, 0.4) is 0 Å². The minimum absolute atomic E-state index is 0.173. The minimum Gasteiger partial charge on any atom is -0.482 e. The molecule has 0 radical (unpaired) electrons. The van der Waals surface area contributed by atoms with Crippen LogP contribution >= 0.6 is 23.4 Å². The van der Waals surface area contributed by atoms with E-state index in [-0.39, 0.29) is 17.8 Å². The molecule has 2 amide bonds. The maximum atomic E-state index is 12.6. The molecule has 3 rings (SSSR count). The second kappa shape index (κ2) is 8.95. The largest absolute Gasteiger partial charge is 0.482 e. The van der Waals surface area contributed by atoms with E-state index in [4.69, 9.17) is 21.1 Å². The molecule has 1 saturated heterocycles. The zero-order valence-electron chi connectivity index (χ0n) is 14.9. The van der Waals surface area contributed by atoms with Gasteiger partial charge in [0.05, 0.1) is 17.2 Å². The summed E-state index contributed by atoms with van der Waals surface area (Å²) in [6.07, 6.45) is 1.63. The number of hydrogen-bond donors (Lipinski definition) is 0. The van der Waals surface area contributed by atoms with Crippen LogP contribution in [0.4, 0.5) is 10.5 Å². The van der Waals surface area contributed by atoms with Crippen molar-refractivity contribution < 1.29 is 23.9 Å². The highest BCUT2D eigenvalue weighted by Gasteiger charge is 2.36. The van der Waals surface area contributed by atoms with Crippen LogP contribution < -0.4 is 9.64 Å². The fraction of sp³-hybridized carbons (Fsp3) is 0.150. The number of benzene rings is 2. The number of halogens is 1. The third-order valence-electron chi connectivity index (χ3n) is 3.72. The molecule has 0 atom stereocenters. The Labute approximate surface area is 171 Å². The number of hydrogen-bond acceptors (Lipinski definition) is 6. The summed E-state index contributed by atoms with van der Waals surface area (Å²) in [5.74, 6) is -0.332. The van der Waals surface area contributed by atoms with E-state index in [2.05, 4.69) is 0 Å². The molecular weight excluding hydrogens is 402 g/mol. The summed E-state index contributed by atoms with van der Waals surface area (Å²) >= 11 is 6.73. The number of carbonyl (C=O) groups is 3. The number of anilines is 1. The highest BCUT2D eigenvalue weighted by Crippen LogP contribution is 2.36. The predicted octanol–water partition coefficient (Wildman–Crippen LogP) is 4.52. The number of ether oxygens (including phenoxy) is 2. The first kappa shape index (κ1) is 20.0. The van der Waals surface area contributed by atoms with Crippen molar-refractivity contribution >= 4 is 52.2 Å². The Morgan fingerprint density at radius 2 is 1.79 bits per heavy atom. The van der Waals surface area contributed by atoms with Gasteiger partial charge in [-0.25, -0.2) is 9.69 Å². The van der Waals surface area contributed by atoms with Gasteiger partial charge in [-0.05, 0) is 66.7 Å². The maximum Gasteiger partial charge on any atom is 0.344 e. The van der Waals surface area contributed by atoms with Crippen LogP contribution in [0.15, 0.2) is 53.4 Å². The van der Waals surface area contributed by atoms with Crippen molar-refractivity contribution in [3.63, 3.8) is 0 Å². The normalized spacial score (nSPS) is 15.2. The SMILES string of the molecule is CCOC(=O)COc1ccc(/C=C2/SC(=O)N(c3ccc(Cl)cc3)C2=O)cc1. The number of nitrogens with zero attached hydrogens (tertiary/aromatic N) is 1. The van der Waals surface area contributed by atoms with E-state index < -0.39 is 5.97 Å². The highest BCUT2D eigenvalue weighted by atomic mass is 35.5. The van der Waals surface area contributed by atoms with Gasteiger partial charge in [-0.3, -0.25) is 9.59 Å². The van der Waals surface area contributed by atoms with E-state index in [1.165, 1.54) is 0 Å². The lowest BCUT2D eigenvalue weighted by atomic mass is 10.2. The third kappa shape index (κ3) is 4.74. The number of rotatable bonds is 6. The topological polar surface area (TPSA) is 72.9 Å². The monoisotopic (exact) mass is 417 g/mol. The van der Waals surface area contributed by atoms with Crippen LogP contribution in [0.25, 0.3) is 6.08 Å². The molecule has 28 heavy (non-hydrogen) atoms. The van der Waals surface area contributed by atoms with Gasteiger partial charge in [-0.1, -0.05) is 23.7 Å². The molecule has 0 aliphatic carbocycles. The van der Waals surface area contributed by atoms with Crippen molar-refractivity contribution in [2.75, 3.05) is 18.1 Å². The number of thioether (sulfide) groups is 1. The van der Waals surface area contributed by atoms with Crippen molar-refractivity contribution in [1.82, 2.24) is 0 Å². The number of esters is 1. The lowest BCUT2D eigenvalue weighted by Gasteiger charge is -2.12. The Morgan fingerprint density at radius 3 is 2.43 bits per heavy atom. The summed E-state index contributed by atoms with van der Waals surface area (Å²) in [5, 5.41) is 0.157.